The number of hydrogen-bond acceptors (Lipinski definition) is 4. The van der Waals surface area contributed by atoms with E-state index in [1.165, 1.54) is 0 Å². The van der Waals surface area contributed by atoms with Gasteiger partial charge in [-0.2, -0.15) is 5.26 Å². The smallest absolute Gasteiger partial charge is 0.162 e. The van der Waals surface area contributed by atoms with Crippen molar-refractivity contribution in [2.75, 3.05) is 26.2 Å². The number of rotatable bonds is 5. The maximum Gasteiger partial charge on any atom is 0.162 e. The van der Waals surface area contributed by atoms with Gasteiger partial charge >= 0.3 is 0 Å². The molecule has 2 rings (SSSR count). The van der Waals surface area contributed by atoms with Crippen molar-refractivity contribution in [3.05, 3.63) is 34.3 Å². The van der Waals surface area contributed by atoms with Gasteiger partial charge < -0.3 is 4.74 Å². The predicted octanol–water partition coefficient (Wildman–Crippen LogP) is 2.64. The van der Waals surface area contributed by atoms with Gasteiger partial charge in [0, 0.05) is 29.5 Å². The Morgan fingerprint density at radius 2 is 2.20 bits per heavy atom. The molecule has 1 aliphatic heterocycles. The van der Waals surface area contributed by atoms with E-state index in [0.717, 1.165) is 29.5 Å². The van der Waals surface area contributed by atoms with Crippen molar-refractivity contribution in [1.29, 1.82) is 5.26 Å². The molecule has 5 heteroatoms. The summed E-state index contributed by atoms with van der Waals surface area (Å²) >= 11 is 3.36. The Morgan fingerprint density at radius 3 is 2.90 bits per heavy atom. The molecule has 1 saturated heterocycles. The largest absolute Gasteiger partial charge is 0.361 e. The molecule has 0 radical (unpaired) electrons. The number of morpholine rings is 1. The molecule has 0 spiro atoms. The van der Waals surface area contributed by atoms with Crippen LogP contribution >= 0.6 is 15.9 Å². The van der Waals surface area contributed by atoms with Crippen LogP contribution in [0.5, 0.6) is 0 Å². The summed E-state index contributed by atoms with van der Waals surface area (Å²) in [5.74, 6) is 0.169. The molecule has 0 bridgehead atoms. The molecular formula is C15H17BrN2O2. The fraction of sp³-hybridized carbons (Fsp3) is 0.467. The summed E-state index contributed by atoms with van der Waals surface area (Å²) in [6.45, 7) is 2.91. The minimum absolute atomic E-state index is 0.169. The van der Waals surface area contributed by atoms with Crippen LogP contribution in [0.15, 0.2) is 28.7 Å². The maximum absolute atomic E-state index is 12.0. The van der Waals surface area contributed by atoms with E-state index in [9.17, 15) is 4.79 Å². The fourth-order valence-corrected chi connectivity index (χ4v) is 2.49. The lowest BCUT2D eigenvalue weighted by atomic mass is 10.1. The zero-order valence-corrected chi connectivity index (χ0v) is 12.8. The average molecular weight is 337 g/mol. The third-order valence-corrected chi connectivity index (χ3v) is 3.87. The molecule has 0 aromatic heterocycles. The zero-order chi connectivity index (χ0) is 14.4. The number of ether oxygens (including phenoxy) is 1. The molecule has 4 nitrogen and oxygen atoms in total. The highest BCUT2D eigenvalue weighted by Gasteiger charge is 2.19. The van der Waals surface area contributed by atoms with Crippen LogP contribution < -0.4 is 0 Å². The lowest BCUT2D eigenvalue weighted by Crippen LogP contribution is -2.42. The third kappa shape index (κ3) is 4.41. The number of carbonyl (C=O) groups is 1. The number of carbonyl (C=O) groups excluding carboxylic acids is 1. The SMILES string of the molecule is N#CC1CN(CCCC(=O)c2ccc(Br)cc2)CCO1. The summed E-state index contributed by atoms with van der Waals surface area (Å²) in [7, 11) is 0. The van der Waals surface area contributed by atoms with Crippen LogP contribution in [0.1, 0.15) is 23.2 Å². The van der Waals surface area contributed by atoms with Gasteiger partial charge in [-0.3, -0.25) is 9.69 Å². The van der Waals surface area contributed by atoms with Gasteiger partial charge in [-0.05, 0) is 25.1 Å². The van der Waals surface area contributed by atoms with Crippen molar-refractivity contribution in [1.82, 2.24) is 4.90 Å². The quantitative estimate of drug-likeness (QED) is 0.775. The van der Waals surface area contributed by atoms with Gasteiger partial charge in [0.1, 0.15) is 0 Å². The number of nitriles is 1. The minimum atomic E-state index is -0.328. The second-order valence-electron chi connectivity index (χ2n) is 4.82. The first-order valence-corrected chi connectivity index (χ1v) is 7.50. The highest BCUT2D eigenvalue weighted by Crippen LogP contribution is 2.13. The summed E-state index contributed by atoms with van der Waals surface area (Å²) in [6, 6.07) is 9.57. The molecule has 1 aromatic carbocycles. The molecule has 1 aliphatic rings. The lowest BCUT2D eigenvalue weighted by molar-refractivity contribution is 0.000206. The van der Waals surface area contributed by atoms with Gasteiger partial charge in [0.25, 0.3) is 0 Å². The zero-order valence-electron chi connectivity index (χ0n) is 11.2. The minimum Gasteiger partial charge on any atom is -0.361 e. The van der Waals surface area contributed by atoms with Crippen LogP contribution in [0, 0.1) is 11.3 Å². The molecule has 0 N–H and O–H groups in total. The standard InChI is InChI=1S/C15H17BrN2O2/c16-13-5-3-12(4-6-13)15(19)2-1-7-18-8-9-20-14(10-17)11-18/h3-6,14H,1-2,7-9,11H2. The Labute approximate surface area is 127 Å². The van der Waals surface area contributed by atoms with Crippen molar-refractivity contribution in [2.24, 2.45) is 0 Å². The molecule has 106 valence electrons. The van der Waals surface area contributed by atoms with E-state index in [1.54, 1.807) is 0 Å². The Hall–Kier alpha value is -1.22. The van der Waals surface area contributed by atoms with Gasteiger partial charge in [0.2, 0.25) is 0 Å². The summed E-state index contributed by atoms with van der Waals surface area (Å²) in [6.07, 6.45) is 1.02. The van der Waals surface area contributed by atoms with Crippen LogP contribution in [0.4, 0.5) is 0 Å². The molecular weight excluding hydrogens is 320 g/mol. The topological polar surface area (TPSA) is 53.3 Å². The molecule has 1 atom stereocenters. The van der Waals surface area contributed by atoms with Crippen molar-refractivity contribution in [3.8, 4) is 6.07 Å². The van der Waals surface area contributed by atoms with E-state index in [2.05, 4.69) is 26.9 Å². The number of Topliss-reactive ketones (excluding diaryl/α,β-unsaturated/α-hetero) is 1. The fourth-order valence-electron chi connectivity index (χ4n) is 2.23. The van der Waals surface area contributed by atoms with Gasteiger partial charge in [-0.1, -0.05) is 28.1 Å². The lowest BCUT2D eigenvalue weighted by Gasteiger charge is -2.29. The first-order chi connectivity index (χ1) is 9.69. The summed E-state index contributed by atoms with van der Waals surface area (Å²) in [4.78, 5) is 14.2. The number of benzene rings is 1. The van der Waals surface area contributed by atoms with Crippen LogP contribution in [-0.2, 0) is 4.74 Å². The number of hydrogen-bond donors (Lipinski definition) is 0. The van der Waals surface area contributed by atoms with Crippen LogP contribution in [0.2, 0.25) is 0 Å². The maximum atomic E-state index is 12.0. The van der Waals surface area contributed by atoms with E-state index in [0.29, 0.717) is 19.6 Å². The van der Waals surface area contributed by atoms with E-state index in [1.807, 2.05) is 24.3 Å². The molecule has 1 aromatic rings. The van der Waals surface area contributed by atoms with Crippen molar-refractivity contribution in [3.63, 3.8) is 0 Å². The average Bonchev–Trinajstić information content (AvgIpc) is 2.48. The van der Waals surface area contributed by atoms with Gasteiger partial charge in [-0.15, -0.1) is 0 Å². The van der Waals surface area contributed by atoms with E-state index >= 15 is 0 Å². The Balaban J connectivity index is 1.74. The highest BCUT2D eigenvalue weighted by atomic mass is 79.9. The van der Waals surface area contributed by atoms with Gasteiger partial charge in [0.05, 0.1) is 12.7 Å². The predicted molar refractivity (Wildman–Crippen MR) is 79.5 cm³/mol. The summed E-state index contributed by atoms with van der Waals surface area (Å²) in [5.41, 5.74) is 0.755. The highest BCUT2D eigenvalue weighted by molar-refractivity contribution is 9.10. The Bertz CT molecular complexity index is 496. The van der Waals surface area contributed by atoms with Crippen molar-refractivity contribution < 1.29 is 9.53 Å². The number of nitrogens with zero attached hydrogens (tertiary/aromatic N) is 2. The number of halogens is 1. The molecule has 0 aliphatic carbocycles. The van der Waals surface area contributed by atoms with Gasteiger partial charge in [0.15, 0.2) is 11.9 Å². The second kappa shape index (κ2) is 7.53. The summed E-state index contributed by atoms with van der Waals surface area (Å²) in [5, 5.41) is 8.83. The van der Waals surface area contributed by atoms with E-state index in [-0.39, 0.29) is 11.9 Å². The first kappa shape index (κ1) is 15.2. The molecule has 1 heterocycles. The molecule has 20 heavy (non-hydrogen) atoms. The molecule has 1 fully saturated rings. The summed E-state index contributed by atoms with van der Waals surface area (Å²) < 4.78 is 6.27. The third-order valence-electron chi connectivity index (χ3n) is 3.34. The monoisotopic (exact) mass is 336 g/mol. The van der Waals surface area contributed by atoms with E-state index in [4.69, 9.17) is 10.00 Å². The van der Waals surface area contributed by atoms with E-state index < -0.39 is 0 Å². The van der Waals surface area contributed by atoms with Crippen LogP contribution in [-0.4, -0.2) is 43.0 Å². The number of ketones is 1. The normalized spacial score (nSPS) is 19.5. The van der Waals surface area contributed by atoms with Gasteiger partial charge in [-0.25, -0.2) is 0 Å². The molecule has 0 amide bonds. The Kier molecular flexibility index (Phi) is 5.72. The van der Waals surface area contributed by atoms with Crippen molar-refractivity contribution in [2.45, 2.75) is 18.9 Å². The Morgan fingerprint density at radius 1 is 1.45 bits per heavy atom. The van der Waals surface area contributed by atoms with Crippen molar-refractivity contribution >= 4 is 21.7 Å². The van der Waals surface area contributed by atoms with Crippen LogP contribution in [0.25, 0.3) is 0 Å². The molecule has 0 saturated carbocycles. The van der Waals surface area contributed by atoms with Crippen LogP contribution in [0.3, 0.4) is 0 Å². The first-order valence-electron chi connectivity index (χ1n) is 6.71. The second-order valence-corrected chi connectivity index (χ2v) is 5.74. The molecule has 1 unspecified atom stereocenters.